The third-order valence-corrected chi connectivity index (χ3v) is 4.71. The number of nitrogens with zero attached hydrogens (tertiary/aromatic N) is 2. The zero-order valence-electron chi connectivity index (χ0n) is 17.2. The molecule has 152 valence electrons. The normalized spacial score (nSPS) is 10.5. The van der Waals surface area contributed by atoms with Gasteiger partial charge < -0.3 is 20.1 Å². The van der Waals surface area contributed by atoms with Gasteiger partial charge in [-0.05, 0) is 75.0 Å². The highest BCUT2D eigenvalue weighted by Crippen LogP contribution is 2.22. The molecule has 6 nitrogen and oxygen atoms in total. The Bertz CT molecular complexity index is 983. The molecule has 29 heavy (non-hydrogen) atoms. The number of anilines is 2. The Morgan fingerprint density at radius 2 is 1.83 bits per heavy atom. The van der Waals surface area contributed by atoms with Crippen molar-refractivity contribution in [3.8, 4) is 11.5 Å². The van der Waals surface area contributed by atoms with Gasteiger partial charge in [0.05, 0.1) is 37.3 Å². The van der Waals surface area contributed by atoms with E-state index in [-0.39, 0.29) is 0 Å². The number of hydrogen-bond donors (Lipinski definition) is 2. The van der Waals surface area contributed by atoms with Crippen molar-refractivity contribution in [2.75, 3.05) is 24.4 Å². The minimum Gasteiger partial charge on any atom is -0.497 e. The first-order valence-electron chi connectivity index (χ1n) is 9.48. The maximum atomic E-state index is 5.49. The maximum absolute atomic E-state index is 5.49. The van der Waals surface area contributed by atoms with Gasteiger partial charge in [-0.2, -0.15) is 5.10 Å². The minimum absolute atomic E-state index is 0.515. The summed E-state index contributed by atoms with van der Waals surface area (Å²) in [6.45, 7) is 7.26. The Balaban J connectivity index is 1.68. The van der Waals surface area contributed by atoms with Crippen molar-refractivity contribution in [2.45, 2.75) is 27.3 Å². The second-order valence-corrected chi connectivity index (χ2v) is 7.00. The molecule has 1 aromatic heterocycles. The van der Waals surface area contributed by atoms with Gasteiger partial charge >= 0.3 is 0 Å². The summed E-state index contributed by atoms with van der Waals surface area (Å²) in [7, 11) is 1.67. The summed E-state index contributed by atoms with van der Waals surface area (Å²) in [4.78, 5) is 0. The van der Waals surface area contributed by atoms with Crippen LogP contribution in [-0.4, -0.2) is 28.6 Å². The van der Waals surface area contributed by atoms with E-state index in [0.717, 1.165) is 39.8 Å². The molecule has 2 aromatic carbocycles. The van der Waals surface area contributed by atoms with Crippen molar-refractivity contribution in [1.82, 2.24) is 9.78 Å². The van der Waals surface area contributed by atoms with Gasteiger partial charge in [0.15, 0.2) is 5.11 Å². The second-order valence-electron chi connectivity index (χ2n) is 6.59. The Morgan fingerprint density at radius 1 is 1.07 bits per heavy atom. The maximum Gasteiger partial charge on any atom is 0.175 e. The van der Waals surface area contributed by atoms with E-state index in [9.17, 15) is 0 Å². The van der Waals surface area contributed by atoms with Gasteiger partial charge in [-0.3, -0.25) is 4.68 Å². The molecule has 3 aromatic rings. The second kappa shape index (κ2) is 9.43. The molecule has 0 bridgehead atoms. The van der Waals surface area contributed by atoms with Crippen LogP contribution in [0.15, 0.2) is 48.5 Å². The summed E-state index contributed by atoms with van der Waals surface area (Å²) in [5.74, 6) is 1.67. The Kier molecular flexibility index (Phi) is 6.72. The molecular weight excluding hydrogens is 384 g/mol. The highest BCUT2D eigenvalue weighted by molar-refractivity contribution is 7.80. The number of thiocarbonyl (C=S) groups is 1. The van der Waals surface area contributed by atoms with Crippen molar-refractivity contribution in [3.63, 3.8) is 0 Å². The van der Waals surface area contributed by atoms with Gasteiger partial charge in [0.1, 0.15) is 11.5 Å². The SMILES string of the molecule is CCOc1ccc(NC(=S)Nc2c(C)nn(Cc3cccc(OC)c3)c2C)cc1. The van der Waals surface area contributed by atoms with Gasteiger partial charge in [-0.15, -0.1) is 0 Å². The topological polar surface area (TPSA) is 60.3 Å². The lowest BCUT2D eigenvalue weighted by atomic mass is 10.2. The van der Waals surface area contributed by atoms with E-state index in [0.29, 0.717) is 18.3 Å². The molecule has 7 heteroatoms. The summed E-state index contributed by atoms with van der Waals surface area (Å²) in [5, 5.41) is 11.7. The average Bonchev–Trinajstić information content (AvgIpc) is 2.97. The third kappa shape index (κ3) is 5.26. The minimum atomic E-state index is 0.515. The number of aromatic nitrogens is 2. The fourth-order valence-corrected chi connectivity index (χ4v) is 3.27. The largest absolute Gasteiger partial charge is 0.497 e. The van der Waals surface area contributed by atoms with E-state index >= 15 is 0 Å². The molecule has 0 atom stereocenters. The summed E-state index contributed by atoms with van der Waals surface area (Å²) in [6.07, 6.45) is 0. The first-order chi connectivity index (χ1) is 14.0. The number of aryl methyl sites for hydroxylation is 1. The van der Waals surface area contributed by atoms with Gasteiger partial charge in [-0.1, -0.05) is 12.1 Å². The van der Waals surface area contributed by atoms with Gasteiger partial charge in [0.2, 0.25) is 0 Å². The van der Waals surface area contributed by atoms with Crippen LogP contribution in [0.4, 0.5) is 11.4 Å². The molecule has 0 saturated heterocycles. The first-order valence-corrected chi connectivity index (χ1v) is 9.88. The third-order valence-electron chi connectivity index (χ3n) is 4.51. The predicted octanol–water partition coefficient (Wildman–Crippen LogP) is 4.76. The van der Waals surface area contributed by atoms with E-state index in [1.54, 1.807) is 7.11 Å². The molecule has 0 spiro atoms. The summed E-state index contributed by atoms with van der Waals surface area (Å²) in [5.41, 5.74) is 4.83. The molecule has 0 fully saturated rings. The standard InChI is InChI=1S/C22H26N4O2S/c1-5-28-19-11-9-18(10-12-19)23-22(29)24-21-15(2)25-26(16(21)3)14-17-7-6-8-20(13-17)27-4/h6-13H,5,14H2,1-4H3,(H2,23,24,29). The lowest BCUT2D eigenvalue weighted by molar-refractivity contribution is 0.340. The zero-order valence-corrected chi connectivity index (χ0v) is 18.0. The lowest BCUT2D eigenvalue weighted by Gasteiger charge is -2.12. The lowest BCUT2D eigenvalue weighted by Crippen LogP contribution is -2.20. The quantitative estimate of drug-likeness (QED) is 0.548. The number of ether oxygens (including phenoxy) is 2. The first kappa shape index (κ1) is 20.7. The van der Waals surface area contributed by atoms with E-state index in [1.165, 1.54) is 0 Å². The fourth-order valence-electron chi connectivity index (χ4n) is 3.05. The molecule has 2 N–H and O–H groups in total. The van der Waals surface area contributed by atoms with Crippen LogP contribution in [0, 0.1) is 13.8 Å². The molecule has 0 aliphatic carbocycles. The van der Waals surface area contributed by atoms with Crippen LogP contribution in [0.3, 0.4) is 0 Å². The molecule has 0 aliphatic rings. The number of nitrogens with one attached hydrogen (secondary N) is 2. The highest BCUT2D eigenvalue weighted by Gasteiger charge is 2.13. The van der Waals surface area contributed by atoms with Gasteiger partial charge in [0, 0.05) is 5.69 Å². The Morgan fingerprint density at radius 3 is 2.52 bits per heavy atom. The number of rotatable bonds is 7. The molecule has 0 radical (unpaired) electrons. The van der Waals surface area contributed by atoms with Crippen LogP contribution >= 0.6 is 12.2 Å². The van der Waals surface area contributed by atoms with Crippen molar-refractivity contribution in [1.29, 1.82) is 0 Å². The van der Waals surface area contributed by atoms with Crippen LogP contribution in [-0.2, 0) is 6.54 Å². The van der Waals surface area contributed by atoms with Crippen LogP contribution < -0.4 is 20.1 Å². The van der Waals surface area contributed by atoms with E-state index in [2.05, 4.69) is 21.8 Å². The smallest absolute Gasteiger partial charge is 0.175 e. The Labute approximate surface area is 176 Å². The van der Waals surface area contributed by atoms with Crippen LogP contribution in [0.1, 0.15) is 23.9 Å². The van der Waals surface area contributed by atoms with E-state index in [4.69, 9.17) is 21.7 Å². The molecular formula is C22H26N4O2S. The molecule has 0 saturated carbocycles. The molecule has 0 amide bonds. The van der Waals surface area contributed by atoms with Crippen LogP contribution in [0.5, 0.6) is 11.5 Å². The van der Waals surface area contributed by atoms with Crippen molar-refractivity contribution >= 4 is 28.7 Å². The van der Waals surface area contributed by atoms with Crippen molar-refractivity contribution in [2.24, 2.45) is 0 Å². The fraction of sp³-hybridized carbons (Fsp3) is 0.273. The molecule has 3 rings (SSSR count). The van der Waals surface area contributed by atoms with Crippen molar-refractivity contribution < 1.29 is 9.47 Å². The summed E-state index contributed by atoms with van der Waals surface area (Å²) >= 11 is 5.49. The zero-order chi connectivity index (χ0) is 20.8. The van der Waals surface area contributed by atoms with Gasteiger partial charge in [0.25, 0.3) is 0 Å². The Hall–Kier alpha value is -3.06. The van der Waals surface area contributed by atoms with Crippen LogP contribution in [0.2, 0.25) is 0 Å². The molecule has 0 aliphatic heterocycles. The average molecular weight is 411 g/mol. The molecule has 1 heterocycles. The van der Waals surface area contributed by atoms with E-state index < -0.39 is 0 Å². The van der Waals surface area contributed by atoms with E-state index in [1.807, 2.05) is 67.9 Å². The monoisotopic (exact) mass is 410 g/mol. The number of methoxy groups -OCH3 is 1. The molecule has 0 unspecified atom stereocenters. The number of benzene rings is 2. The predicted molar refractivity (Wildman–Crippen MR) is 121 cm³/mol. The van der Waals surface area contributed by atoms with Gasteiger partial charge in [-0.25, -0.2) is 0 Å². The van der Waals surface area contributed by atoms with Crippen molar-refractivity contribution in [3.05, 3.63) is 65.5 Å². The summed E-state index contributed by atoms with van der Waals surface area (Å²) < 4.78 is 12.7. The highest BCUT2D eigenvalue weighted by atomic mass is 32.1. The number of hydrogen-bond acceptors (Lipinski definition) is 4. The van der Waals surface area contributed by atoms with Crippen LogP contribution in [0.25, 0.3) is 0 Å². The summed E-state index contributed by atoms with van der Waals surface area (Å²) in [6, 6.07) is 15.7.